The Bertz CT molecular complexity index is 319. The van der Waals surface area contributed by atoms with Crippen LogP contribution in [0.15, 0.2) is 29.4 Å². The minimum atomic E-state index is -0.265. The van der Waals surface area contributed by atoms with Gasteiger partial charge in [-0.2, -0.15) is 0 Å². The number of carbonyl (C=O) groups excluding carboxylic acids is 1. The van der Waals surface area contributed by atoms with Gasteiger partial charge >= 0.3 is 5.97 Å². The van der Waals surface area contributed by atoms with Crippen LogP contribution in [0.25, 0.3) is 0 Å². The molecule has 0 unspecified atom stereocenters. The number of nitrogens with zero attached hydrogens (tertiary/aromatic N) is 1. The van der Waals surface area contributed by atoms with Crippen LogP contribution in [0, 0.1) is 4.91 Å². The maximum Gasteiger partial charge on any atom is 0.311 e. The van der Waals surface area contributed by atoms with E-state index in [9.17, 15) is 9.70 Å². The molecule has 0 radical (unpaired) electrons. The van der Waals surface area contributed by atoms with Crippen molar-refractivity contribution in [3.05, 3.63) is 29.2 Å². The van der Waals surface area contributed by atoms with Gasteiger partial charge < -0.3 is 4.74 Å². The molecule has 0 bridgehead atoms. The quantitative estimate of drug-likeness (QED) is 0.419. The molecule has 1 aromatic rings. The van der Waals surface area contributed by atoms with Crippen LogP contribution in [0.5, 0.6) is 5.75 Å². The third-order valence-corrected chi connectivity index (χ3v) is 1.63. The Morgan fingerprint density at radius 1 is 1.36 bits per heavy atom. The summed E-state index contributed by atoms with van der Waals surface area (Å²) >= 11 is 0. The molecule has 1 rings (SSSR count). The molecule has 14 heavy (non-hydrogen) atoms. The van der Waals surface area contributed by atoms with Crippen molar-refractivity contribution in [3.8, 4) is 5.75 Å². The fourth-order valence-corrected chi connectivity index (χ4v) is 0.962. The summed E-state index contributed by atoms with van der Waals surface area (Å²) in [6.45, 7) is 1.90. The molecule has 0 N–H and O–H groups in total. The van der Waals surface area contributed by atoms with Gasteiger partial charge in [0.05, 0.1) is 0 Å². The molecule has 0 heterocycles. The molecular weight excluding hydrogens is 182 g/mol. The predicted octanol–water partition coefficient (Wildman–Crippen LogP) is 2.79. The van der Waals surface area contributed by atoms with Gasteiger partial charge in [-0.15, -0.1) is 4.91 Å². The highest BCUT2D eigenvalue weighted by Crippen LogP contribution is 2.17. The van der Waals surface area contributed by atoms with Gasteiger partial charge in [0, 0.05) is 6.42 Å². The van der Waals surface area contributed by atoms with Crippen LogP contribution in [0.4, 0.5) is 5.69 Å². The zero-order valence-corrected chi connectivity index (χ0v) is 7.90. The Balaban J connectivity index is 2.59. The molecule has 0 aliphatic rings. The highest BCUT2D eigenvalue weighted by molar-refractivity contribution is 5.72. The van der Waals surface area contributed by atoms with Crippen LogP contribution in [-0.4, -0.2) is 5.97 Å². The number of nitroso groups, excluding NO2 is 1. The van der Waals surface area contributed by atoms with E-state index in [0.29, 0.717) is 17.9 Å². The van der Waals surface area contributed by atoms with Crippen molar-refractivity contribution in [2.75, 3.05) is 0 Å². The molecule has 0 amide bonds. The van der Waals surface area contributed by atoms with Gasteiger partial charge in [0.1, 0.15) is 11.4 Å². The summed E-state index contributed by atoms with van der Waals surface area (Å²) in [4.78, 5) is 21.1. The fraction of sp³-hybridized carbons (Fsp3) is 0.300. The topological polar surface area (TPSA) is 55.7 Å². The first-order valence-corrected chi connectivity index (χ1v) is 4.40. The molecule has 0 saturated heterocycles. The maximum absolute atomic E-state index is 11.1. The van der Waals surface area contributed by atoms with Gasteiger partial charge in [-0.25, -0.2) is 0 Å². The van der Waals surface area contributed by atoms with Crippen LogP contribution >= 0.6 is 0 Å². The van der Waals surface area contributed by atoms with E-state index < -0.39 is 0 Å². The van der Waals surface area contributed by atoms with Crippen molar-refractivity contribution in [2.45, 2.75) is 19.8 Å². The molecular formula is C10H11NO3. The molecule has 74 valence electrons. The zero-order valence-electron chi connectivity index (χ0n) is 7.90. The van der Waals surface area contributed by atoms with Crippen LogP contribution in [0.2, 0.25) is 0 Å². The molecule has 0 aromatic heterocycles. The van der Waals surface area contributed by atoms with E-state index >= 15 is 0 Å². The Labute approximate surface area is 81.9 Å². The Morgan fingerprint density at radius 3 is 2.50 bits per heavy atom. The smallest absolute Gasteiger partial charge is 0.311 e. The van der Waals surface area contributed by atoms with E-state index in [1.54, 1.807) is 12.1 Å². The van der Waals surface area contributed by atoms with E-state index in [0.717, 1.165) is 6.42 Å². The van der Waals surface area contributed by atoms with Crippen molar-refractivity contribution in [2.24, 2.45) is 5.18 Å². The van der Waals surface area contributed by atoms with Crippen LogP contribution in [-0.2, 0) is 4.79 Å². The highest BCUT2D eigenvalue weighted by atomic mass is 16.5. The average molecular weight is 193 g/mol. The highest BCUT2D eigenvalue weighted by Gasteiger charge is 2.02. The average Bonchev–Trinajstić information content (AvgIpc) is 2.19. The van der Waals surface area contributed by atoms with Gasteiger partial charge in [-0.1, -0.05) is 6.92 Å². The Kier molecular flexibility index (Phi) is 3.79. The molecule has 0 fully saturated rings. The lowest BCUT2D eigenvalue weighted by Gasteiger charge is -2.02. The van der Waals surface area contributed by atoms with E-state index in [-0.39, 0.29) is 5.97 Å². The lowest BCUT2D eigenvalue weighted by Crippen LogP contribution is -2.06. The Hall–Kier alpha value is -1.71. The third kappa shape index (κ3) is 2.97. The summed E-state index contributed by atoms with van der Waals surface area (Å²) < 4.78 is 4.97. The number of rotatable bonds is 4. The molecule has 0 saturated carbocycles. The summed E-state index contributed by atoms with van der Waals surface area (Å²) in [6.07, 6.45) is 1.15. The van der Waals surface area contributed by atoms with Crippen molar-refractivity contribution < 1.29 is 9.53 Å². The van der Waals surface area contributed by atoms with Gasteiger partial charge in [0.2, 0.25) is 0 Å². The van der Waals surface area contributed by atoms with Gasteiger partial charge in [0.15, 0.2) is 0 Å². The van der Waals surface area contributed by atoms with Crippen molar-refractivity contribution >= 4 is 11.7 Å². The molecule has 4 heteroatoms. The van der Waals surface area contributed by atoms with Crippen LogP contribution < -0.4 is 4.74 Å². The first-order chi connectivity index (χ1) is 6.76. The normalized spacial score (nSPS) is 9.50. The van der Waals surface area contributed by atoms with Crippen LogP contribution in [0.3, 0.4) is 0 Å². The minimum Gasteiger partial charge on any atom is -0.427 e. The molecule has 0 aliphatic carbocycles. The van der Waals surface area contributed by atoms with E-state index in [1.807, 2.05) is 6.92 Å². The summed E-state index contributed by atoms with van der Waals surface area (Å²) in [6, 6.07) is 6.09. The monoisotopic (exact) mass is 193 g/mol. The zero-order chi connectivity index (χ0) is 10.4. The van der Waals surface area contributed by atoms with E-state index in [2.05, 4.69) is 5.18 Å². The van der Waals surface area contributed by atoms with Gasteiger partial charge in [0.25, 0.3) is 0 Å². The standard InChI is InChI=1S/C10H11NO3/c1-2-3-10(12)14-9-6-4-8(11-13)5-7-9/h4-7H,2-3H2,1H3. The molecule has 4 nitrogen and oxygen atoms in total. The number of esters is 1. The Morgan fingerprint density at radius 2 is 2.00 bits per heavy atom. The SMILES string of the molecule is CCCC(=O)Oc1ccc(N=O)cc1. The van der Waals surface area contributed by atoms with E-state index in [1.165, 1.54) is 12.1 Å². The predicted molar refractivity (Wildman–Crippen MR) is 52.4 cm³/mol. The number of hydrogen-bond acceptors (Lipinski definition) is 4. The molecule has 1 aromatic carbocycles. The summed E-state index contributed by atoms with van der Waals surface area (Å²) in [5, 5.41) is 2.74. The minimum absolute atomic E-state index is 0.265. The lowest BCUT2D eigenvalue weighted by atomic mass is 10.3. The molecule has 0 aliphatic heterocycles. The molecule has 0 atom stereocenters. The van der Waals surface area contributed by atoms with Crippen LogP contribution in [0.1, 0.15) is 19.8 Å². The number of benzene rings is 1. The van der Waals surface area contributed by atoms with E-state index in [4.69, 9.17) is 4.74 Å². The second kappa shape index (κ2) is 5.11. The van der Waals surface area contributed by atoms with Crippen molar-refractivity contribution in [1.82, 2.24) is 0 Å². The third-order valence-electron chi connectivity index (χ3n) is 1.63. The van der Waals surface area contributed by atoms with Gasteiger partial charge in [-0.05, 0) is 35.9 Å². The first kappa shape index (κ1) is 10.4. The number of ether oxygens (including phenoxy) is 1. The summed E-state index contributed by atoms with van der Waals surface area (Å²) in [5.74, 6) is 0.176. The number of hydrogen-bond donors (Lipinski definition) is 0. The first-order valence-electron chi connectivity index (χ1n) is 4.40. The van der Waals surface area contributed by atoms with Gasteiger partial charge in [-0.3, -0.25) is 4.79 Å². The number of carbonyl (C=O) groups is 1. The maximum atomic E-state index is 11.1. The molecule has 0 spiro atoms. The summed E-state index contributed by atoms with van der Waals surface area (Å²) in [5.41, 5.74) is 0.320. The largest absolute Gasteiger partial charge is 0.427 e. The summed E-state index contributed by atoms with van der Waals surface area (Å²) in [7, 11) is 0. The fourth-order valence-electron chi connectivity index (χ4n) is 0.962. The van der Waals surface area contributed by atoms with Crippen molar-refractivity contribution in [3.63, 3.8) is 0 Å². The lowest BCUT2D eigenvalue weighted by molar-refractivity contribution is -0.134. The second-order valence-corrected chi connectivity index (χ2v) is 2.81. The van der Waals surface area contributed by atoms with Crippen molar-refractivity contribution in [1.29, 1.82) is 0 Å². The second-order valence-electron chi connectivity index (χ2n) is 2.81.